The van der Waals surface area contributed by atoms with Crippen molar-refractivity contribution in [2.45, 2.75) is 38.6 Å². The van der Waals surface area contributed by atoms with E-state index in [1.807, 2.05) is 30.3 Å². The standard InChI is InChI=1S/C25H26N4O5/c30-22-9-8-20(24(32)27-22)29-13-19-18(25(29)33)2-1-3-21(19)34-15-17-6-4-16(5-7-17)12-28-11-10-26-23(31)14-28/h1-7,20H,8-15H2,(H,26,31)(H,27,30,32). The maximum absolute atomic E-state index is 12.9. The van der Waals surface area contributed by atoms with E-state index in [1.54, 1.807) is 12.1 Å². The fourth-order valence-corrected chi connectivity index (χ4v) is 4.68. The maximum Gasteiger partial charge on any atom is 0.255 e. The molecule has 3 aliphatic rings. The van der Waals surface area contributed by atoms with Gasteiger partial charge < -0.3 is 15.0 Å². The molecule has 2 aromatic carbocycles. The van der Waals surface area contributed by atoms with Crippen molar-refractivity contribution in [3.8, 4) is 5.75 Å². The quantitative estimate of drug-likeness (QED) is 0.619. The van der Waals surface area contributed by atoms with E-state index in [1.165, 1.54) is 4.90 Å². The molecule has 0 bridgehead atoms. The average Bonchev–Trinajstić information content (AvgIpc) is 3.15. The van der Waals surface area contributed by atoms with Crippen LogP contribution < -0.4 is 15.4 Å². The molecular formula is C25H26N4O5. The molecule has 2 saturated heterocycles. The summed E-state index contributed by atoms with van der Waals surface area (Å²) in [4.78, 5) is 51.9. The zero-order valence-electron chi connectivity index (χ0n) is 18.7. The van der Waals surface area contributed by atoms with Crippen LogP contribution in [0, 0.1) is 0 Å². The van der Waals surface area contributed by atoms with Crippen molar-refractivity contribution in [2.24, 2.45) is 0 Å². The van der Waals surface area contributed by atoms with Crippen molar-refractivity contribution in [3.05, 3.63) is 64.7 Å². The molecule has 9 nitrogen and oxygen atoms in total. The number of fused-ring (bicyclic) bond motifs is 1. The number of imide groups is 1. The topological polar surface area (TPSA) is 108 Å². The average molecular weight is 463 g/mol. The van der Waals surface area contributed by atoms with Gasteiger partial charge in [0.2, 0.25) is 17.7 Å². The number of carbonyl (C=O) groups is 4. The van der Waals surface area contributed by atoms with Gasteiger partial charge in [-0.1, -0.05) is 30.3 Å². The number of hydrogen-bond acceptors (Lipinski definition) is 6. The van der Waals surface area contributed by atoms with Crippen LogP contribution in [0.3, 0.4) is 0 Å². The minimum atomic E-state index is -0.649. The lowest BCUT2D eigenvalue weighted by molar-refractivity contribution is -0.137. The minimum absolute atomic E-state index is 0.0568. The highest BCUT2D eigenvalue weighted by Gasteiger charge is 2.40. The van der Waals surface area contributed by atoms with Crippen LogP contribution in [0.5, 0.6) is 5.75 Å². The second-order valence-electron chi connectivity index (χ2n) is 8.85. The number of nitrogens with zero attached hydrogens (tertiary/aromatic N) is 2. The Labute approximate surface area is 197 Å². The molecule has 0 spiro atoms. The summed E-state index contributed by atoms with van der Waals surface area (Å²) in [6.07, 6.45) is 0.551. The zero-order chi connectivity index (χ0) is 23.7. The van der Waals surface area contributed by atoms with E-state index in [9.17, 15) is 19.2 Å². The molecule has 2 aromatic rings. The van der Waals surface area contributed by atoms with Crippen LogP contribution in [-0.2, 0) is 34.1 Å². The second-order valence-corrected chi connectivity index (χ2v) is 8.85. The van der Waals surface area contributed by atoms with E-state index in [4.69, 9.17) is 4.74 Å². The first-order valence-corrected chi connectivity index (χ1v) is 11.4. The molecule has 5 rings (SSSR count). The van der Waals surface area contributed by atoms with Crippen LogP contribution in [0.2, 0.25) is 0 Å². The first kappa shape index (κ1) is 22.1. The summed E-state index contributed by atoms with van der Waals surface area (Å²) in [5, 5.41) is 5.15. The number of hydrogen-bond donors (Lipinski definition) is 2. The first-order chi connectivity index (χ1) is 16.5. The lowest BCUT2D eigenvalue weighted by atomic mass is 10.0. The van der Waals surface area contributed by atoms with Crippen molar-refractivity contribution < 1.29 is 23.9 Å². The van der Waals surface area contributed by atoms with Crippen molar-refractivity contribution in [3.63, 3.8) is 0 Å². The van der Waals surface area contributed by atoms with Crippen molar-refractivity contribution in [1.82, 2.24) is 20.4 Å². The van der Waals surface area contributed by atoms with Gasteiger partial charge in [0.25, 0.3) is 5.91 Å². The molecule has 2 fully saturated rings. The Kier molecular flexibility index (Phi) is 6.02. The number of piperidine rings is 1. The molecule has 4 amide bonds. The molecule has 0 radical (unpaired) electrons. The number of amides is 4. The Balaban J connectivity index is 1.22. The summed E-state index contributed by atoms with van der Waals surface area (Å²) in [5.74, 6) is -0.275. The van der Waals surface area contributed by atoms with E-state index in [2.05, 4.69) is 15.5 Å². The highest BCUT2D eigenvalue weighted by Crippen LogP contribution is 2.34. The number of ether oxygens (including phenoxy) is 1. The zero-order valence-corrected chi connectivity index (χ0v) is 18.7. The number of piperazine rings is 1. The van der Waals surface area contributed by atoms with Crippen LogP contribution in [0.15, 0.2) is 42.5 Å². The molecule has 0 aliphatic carbocycles. The molecule has 0 aromatic heterocycles. The number of benzene rings is 2. The monoisotopic (exact) mass is 462 g/mol. The molecule has 3 aliphatic heterocycles. The summed E-state index contributed by atoms with van der Waals surface area (Å²) in [5.41, 5.74) is 3.41. The van der Waals surface area contributed by atoms with Crippen LogP contribution in [0.25, 0.3) is 0 Å². The lowest BCUT2D eigenvalue weighted by Crippen LogP contribution is -2.52. The normalized spacial score (nSPS) is 20.7. The highest BCUT2D eigenvalue weighted by molar-refractivity contribution is 6.05. The number of rotatable bonds is 6. The van der Waals surface area contributed by atoms with E-state index in [0.717, 1.165) is 29.8 Å². The van der Waals surface area contributed by atoms with E-state index >= 15 is 0 Å². The Morgan fingerprint density at radius 2 is 1.74 bits per heavy atom. The number of nitrogens with one attached hydrogen (secondary N) is 2. The van der Waals surface area contributed by atoms with Gasteiger partial charge in [0.05, 0.1) is 13.1 Å². The predicted molar refractivity (Wildman–Crippen MR) is 122 cm³/mol. The summed E-state index contributed by atoms with van der Waals surface area (Å²) in [7, 11) is 0. The lowest BCUT2D eigenvalue weighted by Gasteiger charge is -2.29. The minimum Gasteiger partial charge on any atom is -0.489 e. The number of carbonyl (C=O) groups excluding carboxylic acids is 4. The summed E-state index contributed by atoms with van der Waals surface area (Å²) < 4.78 is 6.07. The molecule has 176 valence electrons. The van der Waals surface area contributed by atoms with Gasteiger partial charge >= 0.3 is 0 Å². The van der Waals surface area contributed by atoms with E-state index in [0.29, 0.717) is 37.4 Å². The fraction of sp³-hybridized carbons (Fsp3) is 0.360. The summed E-state index contributed by atoms with van der Waals surface area (Å²) in [6, 6.07) is 12.8. The third-order valence-corrected chi connectivity index (χ3v) is 6.48. The van der Waals surface area contributed by atoms with Crippen molar-refractivity contribution in [2.75, 3.05) is 19.6 Å². The van der Waals surface area contributed by atoms with Gasteiger partial charge in [-0.15, -0.1) is 0 Å². The van der Waals surface area contributed by atoms with Gasteiger partial charge in [0.1, 0.15) is 18.4 Å². The van der Waals surface area contributed by atoms with Gasteiger partial charge in [0.15, 0.2) is 0 Å². The molecule has 34 heavy (non-hydrogen) atoms. The first-order valence-electron chi connectivity index (χ1n) is 11.4. The van der Waals surface area contributed by atoms with E-state index in [-0.39, 0.29) is 30.7 Å². The maximum atomic E-state index is 12.9. The van der Waals surface area contributed by atoms with Crippen molar-refractivity contribution in [1.29, 1.82) is 0 Å². The van der Waals surface area contributed by atoms with Gasteiger partial charge in [-0.2, -0.15) is 0 Å². The molecule has 3 heterocycles. The van der Waals surface area contributed by atoms with Crippen LogP contribution in [0.1, 0.15) is 39.9 Å². The molecule has 9 heteroatoms. The van der Waals surface area contributed by atoms with Crippen LogP contribution >= 0.6 is 0 Å². The Hall–Kier alpha value is -3.72. The third-order valence-electron chi connectivity index (χ3n) is 6.48. The highest BCUT2D eigenvalue weighted by atomic mass is 16.5. The fourth-order valence-electron chi connectivity index (χ4n) is 4.68. The smallest absolute Gasteiger partial charge is 0.255 e. The van der Waals surface area contributed by atoms with Gasteiger partial charge in [0, 0.05) is 37.2 Å². The van der Waals surface area contributed by atoms with Gasteiger partial charge in [-0.05, 0) is 29.7 Å². The predicted octanol–water partition coefficient (Wildman–Crippen LogP) is 0.958. The van der Waals surface area contributed by atoms with Gasteiger partial charge in [-0.3, -0.25) is 29.4 Å². The summed E-state index contributed by atoms with van der Waals surface area (Å²) >= 11 is 0. The van der Waals surface area contributed by atoms with E-state index < -0.39 is 11.9 Å². The molecule has 2 N–H and O–H groups in total. The molecule has 1 atom stereocenters. The largest absolute Gasteiger partial charge is 0.489 e. The van der Waals surface area contributed by atoms with Crippen molar-refractivity contribution >= 4 is 23.6 Å². The third kappa shape index (κ3) is 4.51. The molecule has 0 saturated carbocycles. The van der Waals surface area contributed by atoms with Crippen LogP contribution in [-0.4, -0.2) is 59.1 Å². The van der Waals surface area contributed by atoms with Crippen LogP contribution in [0.4, 0.5) is 0 Å². The Morgan fingerprint density at radius 3 is 2.50 bits per heavy atom. The molecule has 1 unspecified atom stereocenters. The summed E-state index contributed by atoms with van der Waals surface area (Å²) in [6.45, 7) is 3.27. The SMILES string of the molecule is O=C1CN(Cc2ccc(COc3cccc4c3CN(C3CCC(=O)NC3=O)C4=O)cc2)CCN1. The Morgan fingerprint density at radius 1 is 0.941 bits per heavy atom. The Bertz CT molecular complexity index is 1150. The second kappa shape index (κ2) is 9.26. The molecular weight excluding hydrogens is 436 g/mol. The van der Waals surface area contributed by atoms with Gasteiger partial charge in [-0.25, -0.2) is 0 Å².